The van der Waals surface area contributed by atoms with Gasteiger partial charge in [0.25, 0.3) is 0 Å². The van der Waals surface area contributed by atoms with Gasteiger partial charge in [0.2, 0.25) is 0 Å². The highest BCUT2D eigenvalue weighted by Gasteiger charge is 2.37. The lowest BCUT2D eigenvalue weighted by Gasteiger charge is -2.36. The lowest BCUT2D eigenvalue weighted by Crippen LogP contribution is -2.33. The Bertz CT molecular complexity index is 806. The third kappa shape index (κ3) is 8.93. The van der Waals surface area contributed by atoms with E-state index in [0.717, 1.165) is 13.0 Å². The number of hydrogen-bond acceptors (Lipinski definition) is 1. The number of benzene rings is 3. The SMILES string of the molecule is CCCCCCCCCCCCCCCCOC(c1ccccc1)(c1ccccc1)c1ccccc1. The second kappa shape index (κ2) is 17.1. The van der Waals surface area contributed by atoms with Gasteiger partial charge in [-0.25, -0.2) is 0 Å². The van der Waals surface area contributed by atoms with E-state index in [0.29, 0.717) is 0 Å². The molecule has 0 aliphatic rings. The first-order chi connectivity index (χ1) is 17.9. The van der Waals surface area contributed by atoms with Gasteiger partial charge in [0.1, 0.15) is 5.60 Å². The van der Waals surface area contributed by atoms with Gasteiger partial charge >= 0.3 is 0 Å². The summed E-state index contributed by atoms with van der Waals surface area (Å²) >= 11 is 0. The summed E-state index contributed by atoms with van der Waals surface area (Å²) in [5, 5.41) is 0. The molecular weight excluding hydrogens is 436 g/mol. The Balaban J connectivity index is 1.45. The van der Waals surface area contributed by atoms with Crippen LogP contribution in [0.15, 0.2) is 91.0 Å². The maximum atomic E-state index is 6.89. The summed E-state index contributed by atoms with van der Waals surface area (Å²) in [6.45, 7) is 3.05. The molecule has 0 saturated carbocycles. The fraction of sp³-hybridized carbons (Fsp3) is 0.486. The van der Waals surface area contributed by atoms with Gasteiger partial charge in [-0.2, -0.15) is 0 Å². The Labute approximate surface area is 221 Å². The van der Waals surface area contributed by atoms with Crippen molar-refractivity contribution in [3.63, 3.8) is 0 Å². The molecule has 0 aromatic heterocycles. The normalized spacial score (nSPS) is 11.6. The van der Waals surface area contributed by atoms with E-state index in [1.54, 1.807) is 0 Å². The minimum absolute atomic E-state index is 0.583. The summed E-state index contributed by atoms with van der Waals surface area (Å²) < 4.78 is 6.89. The number of hydrogen-bond donors (Lipinski definition) is 0. The van der Waals surface area contributed by atoms with Crippen LogP contribution in [0.5, 0.6) is 0 Å². The molecule has 1 nitrogen and oxygen atoms in total. The monoisotopic (exact) mass is 484 g/mol. The fourth-order valence-electron chi connectivity index (χ4n) is 5.29. The Kier molecular flexibility index (Phi) is 13.4. The van der Waals surface area contributed by atoms with Gasteiger partial charge in [0, 0.05) is 6.61 Å². The Morgan fingerprint density at radius 2 is 0.722 bits per heavy atom. The first-order valence-electron chi connectivity index (χ1n) is 14.7. The van der Waals surface area contributed by atoms with Crippen LogP contribution in [0, 0.1) is 0 Å². The molecule has 3 aromatic carbocycles. The predicted octanol–water partition coefficient (Wildman–Crippen LogP) is 10.5. The summed E-state index contributed by atoms with van der Waals surface area (Å²) in [5.74, 6) is 0. The second-order valence-corrected chi connectivity index (χ2v) is 10.2. The van der Waals surface area contributed by atoms with Gasteiger partial charge in [-0.15, -0.1) is 0 Å². The first kappa shape index (κ1) is 28.2. The largest absolute Gasteiger partial charge is 0.361 e. The van der Waals surface area contributed by atoms with E-state index in [-0.39, 0.29) is 0 Å². The molecule has 0 aliphatic carbocycles. The van der Waals surface area contributed by atoms with Gasteiger partial charge in [0.15, 0.2) is 0 Å². The molecule has 0 spiro atoms. The van der Waals surface area contributed by atoms with Crippen LogP contribution < -0.4 is 0 Å². The zero-order valence-electron chi connectivity index (χ0n) is 22.7. The Hall–Kier alpha value is -2.38. The van der Waals surface area contributed by atoms with E-state index < -0.39 is 5.60 Å². The molecule has 0 amide bonds. The summed E-state index contributed by atoms with van der Waals surface area (Å²) in [7, 11) is 0. The molecule has 0 fully saturated rings. The molecule has 0 aliphatic heterocycles. The molecule has 194 valence electrons. The zero-order valence-corrected chi connectivity index (χ0v) is 22.7. The molecule has 0 unspecified atom stereocenters. The van der Waals surface area contributed by atoms with Gasteiger partial charge in [-0.1, -0.05) is 181 Å². The number of rotatable bonds is 19. The maximum Gasteiger partial charge on any atom is 0.143 e. The zero-order chi connectivity index (χ0) is 25.2. The quantitative estimate of drug-likeness (QED) is 0.121. The molecular formula is C35H48O. The third-order valence-electron chi connectivity index (χ3n) is 7.36. The van der Waals surface area contributed by atoms with E-state index in [9.17, 15) is 0 Å². The molecule has 0 bridgehead atoms. The molecule has 3 aromatic rings. The Morgan fingerprint density at radius 3 is 1.06 bits per heavy atom. The van der Waals surface area contributed by atoms with Crippen molar-refractivity contribution in [1.29, 1.82) is 0 Å². The minimum Gasteiger partial charge on any atom is -0.361 e. The van der Waals surface area contributed by atoms with Crippen LogP contribution in [0.2, 0.25) is 0 Å². The second-order valence-electron chi connectivity index (χ2n) is 10.2. The topological polar surface area (TPSA) is 9.23 Å². The van der Waals surface area contributed by atoms with E-state index >= 15 is 0 Å². The molecule has 36 heavy (non-hydrogen) atoms. The van der Waals surface area contributed by atoms with Crippen LogP contribution in [0.1, 0.15) is 114 Å². The maximum absolute atomic E-state index is 6.89. The van der Waals surface area contributed by atoms with Crippen molar-refractivity contribution in [3.8, 4) is 0 Å². The van der Waals surface area contributed by atoms with E-state index in [2.05, 4.69) is 97.9 Å². The lowest BCUT2D eigenvalue weighted by molar-refractivity contribution is 0.0106. The van der Waals surface area contributed by atoms with E-state index in [1.807, 2.05) is 0 Å². The van der Waals surface area contributed by atoms with Crippen LogP contribution in [0.4, 0.5) is 0 Å². The summed E-state index contributed by atoms with van der Waals surface area (Å²) in [6, 6.07) is 32.1. The van der Waals surface area contributed by atoms with Crippen LogP contribution in [-0.4, -0.2) is 6.61 Å². The lowest BCUT2D eigenvalue weighted by atomic mass is 9.80. The fourth-order valence-corrected chi connectivity index (χ4v) is 5.29. The van der Waals surface area contributed by atoms with Crippen molar-refractivity contribution in [2.24, 2.45) is 0 Å². The Morgan fingerprint density at radius 1 is 0.417 bits per heavy atom. The molecule has 3 rings (SSSR count). The van der Waals surface area contributed by atoms with Crippen LogP contribution in [-0.2, 0) is 10.3 Å². The highest BCUT2D eigenvalue weighted by Crippen LogP contribution is 2.40. The standard InChI is InChI=1S/C35H48O/c1-2-3-4-5-6-7-8-9-10-11-12-13-14-24-31-36-35(32-25-18-15-19-26-32,33-27-20-16-21-28-33)34-29-22-17-23-30-34/h15-23,25-30H,2-14,24,31H2,1H3. The molecule has 0 atom stereocenters. The average molecular weight is 485 g/mol. The third-order valence-corrected chi connectivity index (χ3v) is 7.36. The number of unbranched alkanes of at least 4 members (excludes halogenated alkanes) is 13. The molecule has 0 saturated heterocycles. The molecule has 1 heteroatoms. The first-order valence-corrected chi connectivity index (χ1v) is 14.7. The molecule has 0 radical (unpaired) electrons. The van der Waals surface area contributed by atoms with E-state index in [4.69, 9.17) is 4.74 Å². The van der Waals surface area contributed by atoms with Crippen LogP contribution >= 0.6 is 0 Å². The molecule has 0 N–H and O–H groups in total. The highest BCUT2D eigenvalue weighted by atomic mass is 16.5. The van der Waals surface area contributed by atoms with Crippen molar-refractivity contribution < 1.29 is 4.74 Å². The van der Waals surface area contributed by atoms with Crippen molar-refractivity contribution in [2.45, 2.75) is 102 Å². The van der Waals surface area contributed by atoms with Crippen molar-refractivity contribution in [1.82, 2.24) is 0 Å². The van der Waals surface area contributed by atoms with Gasteiger partial charge in [-0.3, -0.25) is 0 Å². The number of ether oxygens (including phenoxy) is 1. The van der Waals surface area contributed by atoms with Crippen LogP contribution in [0.25, 0.3) is 0 Å². The van der Waals surface area contributed by atoms with Gasteiger partial charge in [-0.05, 0) is 23.1 Å². The van der Waals surface area contributed by atoms with Crippen molar-refractivity contribution >= 4 is 0 Å². The minimum atomic E-state index is -0.583. The molecule has 0 heterocycles. The van der Waals surface area contributed by atoms with Gasteiger partial charge < -0.3 is 4.74 Å². The van der Waals surface area contributed by atoms with E-state index in [1.165, 1.54) is 100 Å². The smallest absolute Gasteiger partial charge is 0.143 e. The van der Waals surface area contributed by atoms with Crippen LogP contribution in [0.3, 0.4) is 0 Å². The average Bonchev–Trinajstić information content (AvgIpc) is 2.94. The highest BCUT2D eigenvalue weighted by molar-refractivity contribution is 5.47. The summed E-state index contributed by atoms with van der Waals surface area (Å²) in [5.41, 5.74) is 2.98. The predicted molar refractivity (Wildman–Crippen MR) is 155 cm³/mol. The van der Waals surface area contributed by atoms with Gasteiger partial charge in [0.05, 0.1) is 0 Å². The summed E-state index contributed by atoms with van der Waals surface area (Å²) in [6.07, 6.45) is 19.2. The van der Waals surface area contributed by atoms with Crippen molar-refractivity contribution in [3.05, 3.63) is 108 Å². The van der Waals surface area contributed by atoms with Crippen molar-refractivity contribution in [2.75, 3.05) is 6.61 Å². The summed E-state index contributed by atoms with van der Waals surface area (Å²) in [4.78, 5) is 0.